The monoisotopic (exact) mass is 276 g/mol. The molecule has 1 aromatic carbocycles. The van der Waals surface area contributed by atoms with Crippen molar-refractivity contribution in [2.24, 2.45) is 0 Å². The van der Waals surface area contributed by atoms with Crippen LogP contribution in [0.3, 0.4) is 0 Å². The predicted molar refractivity (Wildman–Crippen MR) is 84.5 cm³/mol. The van der Waals surface area contributed by atoms with Gasteiger partial charge >= 0.3 is 0 Å². The van der Waals surface area contributed by atoms with Crippen LogP contribution in [0.5, 0.6) is 0 Å². The SMILES string of the molecule is CCCCN(C)C(=O)CN(Cc1ccccc1)C(C)C. The molecule has 20 heavy (non-hydrogen) atoms. The first-order valence-corrected chi connectivity index (χ1v) is 7.56. The zero-order valence-corrected chi connectivity index (χ0v) is 13.3. The predicted octanol–water partition coefficient (Wildman–Crippen LogP) is 3.16. The second-order valence-electron chi connectivity index (χ2n) is 5.65. The van der Waals surface area contributed by atoms with E-state index in [1.807, 2.05) is 30.1 Å². The van der Waals surface area contributed by atoms with E-state index in [-0.39, 0.29) is 5.91 Å². The van der Waals surface area contributed by atoms with E-state index in [1.165, 1.54) is 5.56 Å². The Labute approximate surface area is 123 Å². The van der Waals surface area contributed by atoms with Gasteiger partial charge < -0.3 is 4.90 Å². The standard InChI is InChI=1S/C17H28N2O/c1-5-6-12-18(4)17(20)14-19(15(2)3)13-16-10-8-7-9-11-16/h7-11,15H,5-6,12-14H2,1-4H3. The number of hydrogen-bond donors (Lipinski definition) is 0. The molecule has 1 aromatic rings. The molecule has 0 aliphatic heterocycles. The number of carbonyl (C=O) groups is 1. The fourth-order valence-corrected chi connectivity index (χ4v) is 2.05. The molecule has 0 bridgehead atoms. The lowest BCUT2D eigenvalue weighted by Crippen LogP contribution is -2.41. The van der Waals surface area contributed by atoms with Crippen molar-refractivity contribution in [3.63, 3.8) is 0 Å². The maximum Gasteiger partial charge on any atom is 0.236 e. The highest BCUT2D eigenvalue weighted by Gasteiger charge is 2.16. The van der Waals surface area contributed by atoms with Crippen molar-refractivity contribution in [3.05, 3.63) is 35.9 Å². The van der Waals surface area contributed by atoms with Crippen molar-refractivity contribution in [3.8, 4) is 0 Å². The Morgan fingerprint density at radius 2 is 1.85 bits per heavy atom. The Kier molecular flexibility index (Phi) is 7.31. The maximum absolute atomic E-state index is 12.2. The van der Waals surface area contributed by atoms with E-state index in [0.717, 1.165) is 25.9 Å². The van der Waals surface area contributed by atoms with Crippen molar-refractivity contribution < 1.29 is 4.79 Å². The fraction of sp³-hybridized carbons (Fsp3) is 0.588. The Morgan fingerprint density at radius 3 is 2.40 bits per heavy atom. The van der Waals surface area contributed by atoms with Crippen LogP contribution in [0.25, 0.3) is 0 Å². The third-order valence-corrected chi connectivity index (χ3v) is 3.57. The van der Waals surface area contributed by atoms with Crippen LogP contribution in [0.4, 0.5) is 0 Å². The van der Waals surface area contributed by atoms with E-state index in [4.69, 9.17) is 0 Å². The first-order valence-electron chi connectivity index (χ1n) is 7.56. The van der Waals surface area contributed by atoms with Crippen LogP contribution in [0.15, 0.2) is 30.3 Å². The van der Waals surface area contributed by atoms with Gasteiger partial charge in [-0.1, -0.05) is 43.7 Å². The van der Waals surface area contributed by atoms with E-state index >= 15 is 0 Å². The molecule has 1 rings (SSSR count). The minimum atomic E-state index is 0.211. The van der Waals surface area contributed by atoms with Crippen LogP contribution in [0.2, 0.25) is 0 Å². The van der Waals surface area contributed by atoms with Crippen molar-refractivity contribution in [1.82, 2.24) is 9.80 Å². The molecule has 0 saturated heterocycles. The molecule has 0 fully saturated rings. The maximum atomic E-state index is 12.2. The van der Waals surface area contributed by atoms with Gasteiger partial charge in [0.2, 0.25) is 5.91 Å². The minimum absolute atomic E-state index is 0.211. The number of rotatable bonds is 8. The summed E-state index contributed by atoms with van der Waals surface area (Å²) in [5.41, 5.74) is 1.25. The first-order chi connectivity index (χ1) is 9.54. The average molecular weight is 276 g/mol. The zero-order valence-electron chi connectivity index (χ0n) is 13.3. The highest BCUT2D eigenvalue weighted by atomic mass is 16.2. The molecule has 3 heteroatoms. The largest absolute Gasteiger partial charge is 0.345 e. The molecular formula is C17H28N2O. The average Bonchev–Trinajstić information content (AvgIpc) is 2.44. The van der Waals surface area contributed by atoms with E-state index in [1.54, 1.807) is 0 Å². The van der Waals surface area contributed by atoms with Gasteiger partial charge in [-0.15, -0.1) is 0 Å². The molecule has 0 aliphatic carbocycles. The molecule has 1 amide bonds. The third-order valence-electron chi connectivity index (χ3n) is 3.57. The molecule has 0 aromatic heterocycles. The van der Waals surface area contributed by atoms with Crippen LogP contribution in [0.1, 0.15) is 39.2 Å². The fourth-order valence-electron chi connectivity index (χ4n) is 2.05. The number of likely N-dealkylation sites (N-methyl/N-ethyl adjacent to an activating group) is 1. The molecule has 0 N–H and O–H groups in total. The van der Waals surface area contributed by atoms with Gasteiger partial charge in [0.1, 0.15) is 0 Å². The van der Waals surface area contributed by atoms with Gasteiger partial charge in [0.05, 0.1) is 6.54 Å². The van der Waals surface area contributed by atoms with Crippen LogP contribution in [-0.4, -0.2) is 41.9 Å². The highest BCUT2D eigenvalue weighted by Crippen LogP contribution is 2.08. The second-order valence-corrected chi connectivity index (χ2v) is 5.65. The summed E-state index contributed by atoms with van der Waals surface area (Å²) in [6, 6.07) is 10.7. The Balaban J connectivity index is 2.57. The molecular weight excluding hydrogens is 248 g/mol. The molecule has 0 unspecified atom stereocenters. The number of amides is 1. The summed E-state index contributed by atoms with van der Waals surface area (Å²) in [6.07, 6.45) is 2.19. The van der Waals surface area contributed by atoms with Crippen LogP contribution in [0, 0.1) is 0 Å². The van der Waals surface area contributed by atoms with E-state index < -0.39 is 0 Å². The van der Waals surface area contributed by atoms with Crippen molar-refractivity contribution >= 4 is 5.91 Å². The topological polar surface area (TPSA) is 23.6 Å². The van der Waals surface area contributed by atoms with Gasteiger partial charge in [0.15, 0.2) is 0 Å². The van der Waals surface area contributed by atoms with E-state index in [0.29, 0.717) is 12.6 Å². The molecule has 0 spiro atoms. The number of hydrogen-bond acceptors (Lipinski definition) is 2. The van der Waals surface area contributed by atoms with Gasteiger partial charge in [-0.05, 0) is 25.8 Å². The highest BCUT2D eigenvalue weighted by molar-refractivity contribution is 5.78. The minimum Gasteiger partial charge on any atom is -0.345 e. The van der Waals surface area contributed by atoms with E-state index in [9.17, 15) is 4.79 Å². The Hall–Kier alpha value is -1.35. The van der Waals surface area contributed by atoms with Crippen molar-refractivity contribution in [2.75, 3.05) is 20.1 Å². The molecule has 3 nitrogen and oxygen atoms in total. The van der Waals surface area contributed by atoms with E-state index in [2.05, 4.69) is 37.8 Å². The quantitative estimate of drug-likeness (QED) is 0.728. The summed E-state index contributed by atoms with van der Waals surface area (Å²) in [5.74, 6) is 0.211. The Morgan fingerprint density at radius 1 is 1.20 bits per heavy atom. The van der Waals surface area contributed by atoms with Gasteiger partial charge in [0, 0.05) is 26.2 Å². The van der Waals surface area contributed by atoms with Crippen LogP contribution >= 0.6 is 0 Å². The summed E-state index contributed by atoms with van der Waals surface area (Å²) >= 11 is 0. The molecule has 0 radical (unpaired) electrons. The number of nitrogens with zero attached hydrogens (tertiary/aromatic N) is 2. The number of benzene rings is 1. The summed E-state index contributed by atoms with van der Waals surface area (Å²) < 4.78 is 0. The number of unbranched alkanes of at least 4 members (excludes halogenated alkanes) is 1. The third kappa shape index (κ3) is 5.74. The van der Waals surface area contributed by atoms with Crippen LogP contribution < -0.4 is 0 Å². The smallest absolute Gasteiger partial charge is 0.236 e. The summed E-state index contributed by atoms with van der Waals surface area (Å²) in [7, 11) is 1.90. The normalized spacial score (nSPS) is 11.1. The lowest BCUT2D eigenvalue weighted by Gasteiger charge is -2.28. The lowest BCUT2D eigenvalue weighted by atomic mass is 10.2. The van der Waals surface area contributed by atoms with Crippen LogP contribution in [-0.2, 0) is 11.3 Å². The summed E-state index contributed by atoms with van der Waals surface area (Å²) in [6.45, 7) is 8.60. The lowest BCUT2D eigenvalue weighted by molar-refractivity contribution is -0.131. The second kappa shape index (κ2) is 8.75. The zero-order chi connectivity index (χ0) is 15.0. The summed E-state index contributed by atoms with van der Waals surface area (Å²) in [5, 5.41) is 0. The summed E-state index contributed by atoms with van der Waals surface area (Å²) in [4.78, 5) is 16.3. The molecule has 112 valence electrons. The molecule has 0 saturated carbocycles. The molecule has 0 aliphatic rings. The van der Waals surface area contributed by atoms with Crippen molar-refractivity contribution in [2.45, 2.75) is 46.2 Å². The number of carbonyl (C=O) groups excluding carboxylic acids is 1. The van der Waals surface area contributed by atoms with Gasteiger partial charge in [-0.3, -0.25) is 9.69 Å². The van der Waals surface area contributed by atoms with Gasteiger partial charge in [-0.25, -0.2) is 0 Å². The van der Waals surface area contributed by atoms with Gasteiger partial charge in [0.25, 0.3) is 0 Å². The Bertz CT molecular complexity index is 389. The van der Waals surface area contributed by atoms with Crippen molar-refractivity contribution in [1.29, 1.82) is 0 Å². The molecule has 0 atom stereocenters. The molecule has 0 heterocycles. The van der Waals surface area contributed by atoms with Gasteiger partial charge in [-0.2, -0.15) is 0 Å². The first kappa shape index (κ1) is 16.7.